The molecule has 100 valence electrons. The first-order valence-corrected chi connectivity index (χ1v) is 7.52. The number of nitrogens with one attached hydrogen (secondary N) is 1. The van der Waals surface area contributed by atoms with Crippen molar-refractivity contribution in [2.75, 3.05) is 5.32 Å². The van der Waals surface area contributed by atoms with Crippen LogP contribution in [0, 0.1) is 18.3 Å². The summed E-state index contributed by atoms with van der Waals surface area (Å²) >= 11 is 3.53. The summed E-state index contributed by atoms with van der Waals surface area (Å²) in [5.41, 5.74) is 5.72. The lowest BCUT2D eigenvalue weighted by Crippen LogP contribution is -2.08. The SMILES string of the molecule is Cc1ccc(C#N)cc1NC1CCc2cc(Br)ccc21. The van der Waals surface area contributed by atoms with Gasteiger partial charge in [-0.2, -0.15) is 5.26 Å². The first-order chi connectivity index (χ1) is 9.67. The highest BCUT2D eigenvalue weighted by Gasteiger charge is 2.22. The summed E-state index contributed by atoms with van der Waals surface area (Å²) in [4.78, 5) is 0. The van der Waals surface area contributed by atoms with Crippen LogP contribution in [0.25, 0.3) is 0 Å². The number of anilines is 1. The van der Waals surface area contributed by atoms with Crippen LogP contribution < -0.4 is 5.32 Å². The van der Waals surface area contributed by atoms with E-state index in [9.17, 15) is 0 Å². The molecule has 0 amide bonds. The van der Waals surface area contributed by atoms with E-state index in [0.29, 0.717) is 11.6 Å². The highest BCUT2D eigenvalue weighted by Crippen LogP contribution is 2.36. The maximum atomic E-state index is 9.02. The number of nitrogens with zero attached hydrogens (tertiary/aromatic N) is 1. The highest BCUT2D eigenvalue weighted by molar-refractivity contribution is 9.10. The predicted octanol–water partition coefficient (Wildman–Crippen LogP) is 4.73. The minimum Gasteiger partial charge on any atom is -0.378 e. The number of hydrogen-bond acceptors (Lipinski definition) is 2. The molecule has 0 aromatic heterocycles. The molecule has 2 aromatic carbocycles. The fraction of sp³-hybridized carbons (Fsp3) is 0.235. The summed E-state index contributed by atoms with van der Waals surface area (Å²) < 4.78 is 1.14. The second-order valence-electron chi connectivity index (χ2n) is 5.22. The summed E-state index contributed by atoms with van der Waals surface area (Å²) in [6, 6.07) is 14.8. The van der Waals surface area contributed by atoms with Crippen LogP contribution >= 0.6 is 15.9 Å². The van der Waals surface area contributed by atoms with Crippen LogP contribution in [0.2, 0.25) is 0 Å². The van der Waals surface area contributed by atoms with Crippen molar-refractivity contribution in [2.45, 2.75) is 25.8 Å². The van der Waals surface area contributed by atoms with Crippen LogP contribution in [0.3, 0.4) is 0 Å². The molecule has 0 saturated heterocycles. The molecule has 2 aromatic rings. The molecule has 0 aliphatic heterocycles. The van der Waals surface area contributed by atoms with Gasteiger partial charge in [-0.15, -0.1) is 0 Å². The standard InChI is InChI=1S/C17H15BrN2/c1-11-2-3-12(10-19)8-17(11)20-16-7-4-13-9-14(18)5-6-15(13)16/h2-3,5-6,8-9,16,20H,4,7H2,1H3. The van der Waals surface area contributed by atoms with Crippen molar-refractivity contribution in [1.29, 1.82) is 5.26 Å². The minimum absolute atomic E-state index is 0.339. The molecule has 0 spiro atoms. The highest BCUT2D eigenvalue weighted by atomic mass is 79.9. The number of nitriles is 1. The van der Waals surface area contributed by atoms with Crippen molar-refractivity contribution >= 4 is 21.6 Å². The fourth-order valence-corrected chi connectivity index (χ4v) is 3.18. The zero-order chi connectivity index (χ0) is 14.1. The van der Waals surface area contributed by atoms with E-state index in [1.165, 1.54) is 16.7 Å². The Morgan fingerprint density at radius 3 is 2.90 bits per heavy atom. The van der Waals surface area contributed by atoms with E-state index in [2.05, 4.69) is 52.4 Å². The van der Waals surface area contributed by atoms with Crippen molar-refractivity contribution < 1.29 is 0 Å². The Labute approximate surface area is 127 Å². The van der Waals surface area contributed by atoms with Gasteiger partial charge < -0.3 is 5.32 Å². The van der Waals surface area contributed by atoms with Gasteiger partial charge in [0, 0.05) is 10.2 Å². The summed E-state index contributed by atoms with van der Waals surface area (Å²) in [5.74, 6) is 0. The third-order valence-corrected chi connectivity index (χ3v) is 4.37. The first-order valence-electron chi connectivity index (χ1n) is 6.73. The number of fused-ring (bicyclic) bond motifs is 1. The molecule has 3 rings (SSSR count). The van der Waals surface area contributed by atoms with Gasteiger partial charge in [-0.25, -0.2) is 0 Å². The monoisotopic (exact) mass is 326 g/mol. The Balaban J connectivity index is 1.89. The number of hydrogen-bond donors (Lipinski definition) is 1. The first kappa shape index (κ1) is 13.2. The smallest absolute Gasteiger partial charge is 0.0992 e. The fourth-order valence-electron chi connectivity index (χ4n) is 2.77. The van der Waals surface area contributed by atoms with Crippen molar-refractivity contribution in [3.05, 3.63) is 63.1 Å². The summed E-state index contributed by atoms with van der Waals surface area (Å²) in [6.07, 6.45) is 2.20. The number of halogens is 1. The van der Waals surface area contributed by atoms with Crippen LogP contribution in [-0.4, -0.2) is 0 Å². The van der Waals surface area contributed by atoms with Crippen LogP contribution in [0.5, 0.6) is 0 Å². The number of rotatable bonds is 2. The summed E-state index contributed by atoms with van der Waals surface area (Å²) in [7, 11) is 0. The molecule has 1 aliphatic carbocycles. The van der Waals surface area contributed by atoms with Crippen molar-refractivity contribution in [3.8, 4) is 6.07 Å². The van der Waals surface area contributed by atoms with Gasteiger partial charge in [0.05, 0.1) is 17.7 Å². The summed E-state index contributed by atoms with van der Waals surface area (Å²) in [6.45, 7) is 2.07. The molecule has 3 heteroatoms. The Hall–Kier alpha value is -1.79. The molecular weight excluding hydrogens is 312 g/mol. The lowest BCUT2D eigenvalue weighted by atomic mass is 10.1. The Bertz CT molecular complexity index is 701. The largest absolute Gasteiger partial charge is 0.378 e. The molecule has 20 heavy (non-hydrogen) atoms. The average molecular weight is 327 g/mol. The van der Waals surface area contributed by atoms with E-state index >= 15 is 0 Å². The third kappa shape index (κ3) is 2.44. The summed E-state index contributed by atoms with van der Waals surface area (Å²) in [5, 5.41) is 12.6. The van der Waals surface area contributed by atoms with E-state index < -0.39 is 0 Å². The zero-order valence-corrected chi connectivity index (χ0v) is 12.9. The van der Waals surface area contributed by atoms with Crippen molar-refractivity contribution in [3.63, 3.8) is 0 Å². The average Bonchev–Trinajstić information content (AvgIpc) is 2.83. The normalized spacial score (nSPS) is 16.6. The maximum Gasteiger partial charge on any atom is 0.0992 e. The van der Waals surface area contributed by atoms with Gasteiger partial charge >= 0.3 is 0 Å². The van der Waals surface area contributed by atoms with E-state index in [1.807, 2.05) is 18.2 Å². The van der Waals surface area contributed by atoms with Gasteiger partial charge in [0.15, 0.2) is 0 Å². The Morgan fingerprint density at radius 2 is 2.10 bits per heavy atom. The van der Waals surface area contributed by atoms with E-state index in [4.69, 9.17) is 5.26 Å². The van der Waals surface area contributed by atoms with E-state index in [1.54, 1.807) is 0 Å². The number of aryl methyl sites for hydroxylation is 2. The van der Waals surface area contributed by atoms with Crippen LogP contribution in [0.1, 0.15) is 34.7 Å². The zero-order valence-electron chi connectivity index (χ0n) is 11.3. The van der Waals surface area contributed by atoms with Crippen LogP contribution in [-0.2, 0) is 6.42 Å². The lowest BCUT2D eigenvalue weighted by Gasteiger charge is -2.17. The molecule has 0 bridgehead atoms. The molecule has 1 atom stereocenters. The van der Waals surface area contributed by atoms with Gasteiger partial charge in [-0.1, -0.05) is 28.1 Å². The van der Waals surface area contributed by atoms with Gasteiger partial charge in [0.1, 0.15) is 0 Å². The van der Waals surface area contributed by atoms with E-state index in [0.717, 1.165) is 23.0 Å². The van der Waals surface area contributed by atoms with Gasteiger partial charge in [-0.3, -0.25) is 0 Å². The van der Waals surface area contributed by atoms with Crippen LogP contribution in [0.15, 0.2) is 40.9 Å². The number of benzene rings is 2. The Kier molecular flexibility index (Phi) is 3.50. The topological polar surface area (TPSA) is 35.8 Å². The molecule has 1 unspecified atom stereocenters. The second kappa shape index (κ2) is 5.30. The molecule has 2 nitrogen and oxygen atoms in total. The molecule has 1 N–H and O–H groups in total. The van der Waals surface area contributed by atoms with Crippen molar-refractivity contribution in [2.24, 2.45) is 0 Å². The lowest BCUT2D eigenvalue weighted by molar-refractivity contribution is 0.761. The maximum absolute atomic E-state index is 9.02. The molecular formula is C17H15BrN2. The van der Waals surface area contributed by atoms with Gasteiger partial charge in [0.2, 0.25) is 0 Å². The molecule has 0 saturated carbocycles. The predicted molar refractivity (Wildman–Crippen MR) is 84.7 cm³/mol. The van der Waals surface area contributed by atoms with Gasteiger partial charge in [-0.05, 0) is 60.7 Å². The molecule has 0 radical (unpaired) electrons. The molecule has 0 heterocycles. The Morgan fingerprint density at radius 1 is 1.25 bits per heavy atom. The minimum atomic E-state index is 0.339. The molecule has 1 aliphatic rings. The van der Waals surface area contributed by atoms with Gasteiger partial charge in [0.25, 0.3) is 0 Å². The third-order valence-electron chi connectivity index (χ3n) is 3.88. The second-order valence-corrected chi connectivity index (χ2v) is 6.14. The molecule has 0 fully saturated rings. The van der Waals surface area contributed by atoms with Crippen molar-refractivity contribution in [1.82, 2.24) is 0 Å². The van der Waals surface area contributed by atoms with Crippen LogP contribution in [0.4, 0.5) is 5.69 Å². The van der Waals surface area contributed by atoms with E-state index in [-0.39, 0.29) is 0 Å². The quantitative estimate of drug-likeness (QED) is 0.866.